The van der Waals surface area contributed by atoms with Crippen molar-refractivity contribution in [2.45, 2.75) is 69.1 Å². The molecule has 0 spiro atoms. The number of likely N-dealkylation sites (N-methyl/N-ethyl adjacent to an activating group) is 1. The maximum Gasteiger partial charge on any atom is 0.352 e. The van der Waals surface area contributed by atoms with Gasteiger partial charge in [0, 0.05) is 24.3 Å². The van der Waals surface area contributed by atoms with Gasteiger partial charge in [0.15, 0.2) is 0 Å². The van der Waals surface area contributed by atoms with Crippen LogP contribution in [0.5, 0.6) is 5.75 Å². The number of nitrogens with zero attached hydrogens (tertiary/aromatic N) is 1. The lowest BCUT2D eigenvalue weighted by atomic mass is 9.86. The van der Waals surface area contributed by atoms with E-state index < -0.39 is 12.1 Å². The molecule has 168 valence electrons. The quantitative estimate of drug-likeness (QED) is 0.695. The second-order valence-corrected chi connectivity index (χ2v) is 10.1. The molecule has 31 heavy (non-hydrogen) atoms. The van der Waals surface area contributed by atoms with E-state index in [-0.39, 0.29) is 29.4 Å². The van der Waals surface area contributed by atoms with Gasteiger partial charge >= 0.3 is 5.97 Å². The van der Waals surface area contributed by atoms with Crippen molar-refractivity contribution in [3.8, 4) is 5.75 Å². The highest BCUT2D eigenvalue weighted by atomic mass is 32.2. The minimum absolute atomic E-state index is 0.00379. The lowest BCUT2D eigenvalue weighted by Crippen LogP contribution is -2.46. The molecule has 1 saturated carbocycles. The maximum absolute atomic E-state index is 11.5. The first-order chi connectivity index (χ1) is 15.0. The molecule has 0 bridgehead atoms. The summed E-state index contributed by atoms with van der Waals surface area (Å²) in [6.45, 7) is 3.13. The van der Waals surface area contributed by atoms with Gasteiger partial charge in [-0.1, -0.05) is 6.07 Å². The summed E-state index contributed by atoms with van der Waals surface area (Å²) in [5.74, 6) is 0.379. The number of aliphatic hydroxyl groups is 1. The Kier molecular flexibility index (Phi) is 5.92. The highest BCUT2D eigenvalue weighted by Crippen LogP contribution is 2.46. The zero-order valence-corrected chi connectivity index (χ0v) is 18.7. The van der Waals surface area contributed by atoms with Crippen LogP contribution in [0.3, 0.4) is 0 Å². The van der Waals surface area contributed by atoms with Crippen LogP contribution in [0.25, 0.3) is 0 Å². The summed E-state index contributed by atoms with van der Waals surface area (Å²) < 4.78 is 12.6. The van der Waals surface area contributed by atoms with E-state index >= 15 is 0 Å². The van der Waals surface area contributed by atoms with Gasteiger partial charge in [-0.3, -0.25) is 0 Å². The van der Waals surface area contributed by atoms with Crippen molar-refractivity contribution in [2.24, 2.45) is 11.8 Å². The van der Waals surface area contributed by atoms with Crippen molar-refractivity contribution in [1.29, 1.82) is 0 Å². The average Bonchev–Trinajstić information content (AvgIpc) is 3.47. The molecule has 4 aliphatic rings. The third kappa shape index (κ3) is 3.96. The van der Waals surface area contributed by atoms with Gasteiger partial charge in [-0.15, -0.1) is 11.8 Å². The highest BCUT2D eigenvalue weighted by molar-refractivity contribution is 8.03. The first-order valence-corrected chi connectivity index (χ1v) is 12.4. The summed E-state index contributed by atoms with van der Waals surface area (Å²) in [6, 6.07) is 6.40. The van der Waals surface area contributed by atoms with Crippen molar-refractivity contribution in [2.75, 3.05) is 13.2 Å². The molecule has 2 aliphatic heterocycles. The zero-order chi connectivity index (χ0) is 21.5. The van der Waals surface area contributed by atoms with Crippen LogP contribution in [0.2, 0.25) is 0 Å². The fourth-order valence-corrected chi connectivity index (χ4v) is 7.14. The number of thioether (sulfide) groups is 1. The lowest BCUT2D eigenvalue weighted by Gasteiger charge is -2.40. The van der Waals surface area contributed by atoms with Crippen LogP contribution in [0, 0.1) is 11.8 Å². The van der Waals surface area contributed by atoms with Gasteiger partial charge < -0.3 is 24.6 Å². The summed E-state index contributed by atoms with van der Waals surface area (Å²) >= 11 is 1.54. The number of aliphatic carboxylic acids is 1. The van der Waals surface area contributed by atoms with Crippen LogP contribution >= 0.6 is 11.8 Å². The van der Waals surface area contributed by atoms with E-state index in [1.807, 2.05) is 11.8 Å². The first-order valence-electron chi connectivity index (χ1n) is 11.5. The fourth-order valence-electron chi connectivity index (χ4n) is 5.85. The molecule has 1 aromatic rings. The molecule has 1 saturated heterocycles. The predicted molar refractivity (Wildman–Crippen MR) is 119 cm³/mol. The van der Waals surface area contributed by atoms with Crippen LogP contribution in [-0.2, 0) is 22.4 Å². The number of hydrogen-bond acceptors (Lipinski definition) is 6. The Morgan fingerprint density at radius 3 is 2.90 bits per heavy atom. The van der Waals surface area contributed by atoms with Crippen molar-refractivity contribution >= 4 is 17.7 Å². The molecule has 0 amide bonds. The number of hydrogen-bond donors (Lipinski definition) is 2. The molecule has 7 heteroatoms. The lowest BCUT2D eigenvalue weighted by molar-refractivity contribution is -0.135. The number of carbonyl (C=O) groups is 1. The Morgan fingerprint density at radius 2 is 2.10 bits per heavy atom. The minimum atomic E-state index is -0.884. The Balaban J connectivity index is 1.20. The number of carboxylic acids is 1. The van der Waals surface area contributed by atoms with Crippen LogP contribution in [0.15, 0.2) is 29.3 Å². The monoisotopic (exact) mass is 445 g/mol. The normalized spacial score (nSPS) is 34.4. The number of rotatable bonds is 6. The molecular weight excluding hydrogens is 414 g/mol. The van der Waals surface area contributed by atoms with Crippen LogP contribution in [-0.4, -0.2) is 57.9 Å². The number of ether oxygens (including phenoxy) is 2. The number of carboxylic acid groups (broad SMARTS) is 1. The molecule has 0 aromatic heterocycles. The molecule has 6 nitrogen and oxygen atoms in total. The van der Waals surface area contributed by atoms with E-state index in [0.29, 0.717) is 25.3 Å². The largest absolute Gasteiger partial charge is 0.493 e. The summed E-state index contributed by atoms with van der Waals surface area (Å²) in [6.07, 6.45) is 5.55. The number of aliphatic hydroxyl groups excluding tert-OH is 1. The topological polar surface area (TPSA) is 79.2 Å². The second-order valence-electron chi connectivity index (χ2n) is 9.14. The van der Waals surface area contributed by atoms with Gasteiger partial charge in [0.2, 0.25) is 0 Å². The molecule has 1 aromatic carbocycles. The van der Waals surface area contributed by atoms with Crippen molar-refractivity contribution in [1.82, 2.24) is 4.90 Å². The van der Waals surface area contributed by atoms with Crippen molar-refractivity contribution in [3.05, 3.63) is 40.4 Å². The number of benzene rings is 1. The van der Waals surface area contributed by atoms with E-state index in [9.17, 15) is 15.0 Å². The average molecular weight is 446 g/mol. The molecule has 1 unspecified atom stereocenters. The van der Waals surface area contributed by atoms with E-state index in [1.165, 1.54) is 17.5 Å². The third-order valence-electron chi connectivity index (χ3n) is 7.46. The van der Waals surface area contributed by atoms with Crippen molar-refractivity contribution < 1.29 is 24.5 Å². The second kappa shape index (κ2) is 8.68. The fraction of sp³-hybridized carbons (Fsp3) is 0.625. The van der Waals surface area contributed by atoms with Crippen LogP contribution in [0.1, 0.15) is 43.7 Å². The molecule has 2 fully saturated rings. The standard InChI is InChI=1S/C24H31NO5S/c1-2-25-19(24(27)28)13-31-23(25)21-9-8-17-18(20(26)11-22(17)30-21)12-29-16-7-6-14-4-3-5-15(14)10-16/h6-7,10,13,17-18,20-23,26H,2-5,8-9,11-12H2,1H3,(H,27,28)/t17-,18-,20-,21-,22+,23?/m1/s1. The summed E-state index contributed by atoms with van der Waals surface area (Å²) in [7, 11) is 0. The Hall–Kier alpha value is -1.70. The van der Waals surface area contributed by atoms with Crippen LogP contribution in [0.4, 0.5) is 0 Å². The number of aryl methyl sites for hydroxylation is 2. The van der Waals surface area contributed by atoms with Gasteiger partial charge in [0.05, 0.1) is 24.9 Å². The first kappa shape index (κ1) is 21.2. The summed E-state index contributed by atoms with van der Waals surface area (Å²) in [4.78, 5) is 13.4. The third-order valence-corrected chi connectivity index (χ3v) is 8.65. The maximum atomic E-state index is 11.5. The van der Waals surface area contributed by atoms with Gasteiger partial charge in [0.1, 0.15) is 16.8 Å². The van der Waals surface area contributed by atoms with Gasteiger partial charge in [-0.25, -0.2) is 4.79 Å². The molecule has 5 rings (SSSR count). The highest BCUT2D eigenvalue weighted by Gasteiger charge is 2.49. The molecule has 6 atom stereocenters. The van der Waals surface area contributed by atoms with Gasteiger partial charge in [-0.2, -0.15) is 0 Å². The molecule has 0 radical (unpaired) electrons. The van der Waals surface area contributed by atoms with E-state index in [1.54, 1.807) is 17.2 Å². The van der Waals surface area contributed by atoms with E-state index in [4.69, 9.17) is 9.47 Å². The van der Waals surface area contributed by atoms with Gasteiger partial charge in [-0.05, 0) is 68.2 Å². The zero-order valence-electron chi connectivity index (χ0n) is 17.9. The van der Waals surface area contributed by atoms with Crippen LogP contribution < -0.4 is 4.74 Å². The predicted octanol–water partition coefficient (Wildman–Crippen LogP) is 3.42. The molecule has 2 aliphatic carbocycles. The smallest absolute Gasteiger partial charge is 0.352 e. The summed E-state index contributed by atoms with van der Waals surface area (Å²) in [5, 5.41) is 21.9. The van der Waals surface area contributed by atoms with E-state index in [2.05, 4.69) is 18.2 Å². The molecule has 2 heterocycles. The molecule has 2 N–H and O–H groups in total. The van der Waals surface area contributed by atoms with Gasteiger partial charge in [0.25, 0.3) is 0 Å². The molecular formula is C24H31NO5S. The summed E-state index contributed by atoms with van der Waals surface area (Å²) in [5.41, 5.74) is 3.19. The Labute approximate surface area is 187 Å². The number of fused-ring (bicyclic) bond motifs is 2. The van der Waals surface area contributed by atoms with Crippen molar-refractivity contribution in [3.63, 3.8) is 0 Å². The Morgan fingerprint density at radius 1 is 1.26 bits per heavy atom. The Bertz CT molecular complexity index is 874. The SMILES string of the molecule is CCN1C(C(=O)O)=CSC1[C@H]1CC[C@@H]2[C@@H](COc3ccc4c(c3)CCC4)[C@H](O)C[C@@H]2O1. The minimum Gasteiger partial charge on any atom is -0.493 e. The van der Waals surface area contributed by atoms with E-state index in [0.717, 1.165) is 31.4 Å².